The van der Waals surface area contributed by atoms with Crippen molar-refractivity contribution in [3.8, 4) is 0 Å². The van der Waals surface area contributed by atoms with E-state index in [2.05, 4.69) is 19.9 Å². The molecule has 7 nitrogen and oxygen atoms in total. The Hall–Kier alpha value is -1.46. The Balaban J connectivity index is 1.54. The lowest BCUT2D eigenvalue weighted by molar-refractivity contribution is 0.0951. The maximum atomic E-state index is 14.4. The van der Waals surface area contributed by atoms with E-state index in [9.17, 15) is 12.8 Å². The third-order valence-electron chi connectivity index (χ3n) is 4.69. The number of nitrogens with zero attached hydrogens (tertiary/aromatic N) is 2. The van der Waals surface area contributed by atoms with Crippen LogP contribution in [0.2, 0.25) is 5.02 Å². The van der Waals surface area contributed by atoms with Gasteiger partial charge in [-0.1, -0.05) is 11.6 Å². The van der Waals surface area contributed by atoms with Crippen LogP contribution < -0.4 is 15.8 Å². The Morgan fingerprint density at radius 3 is 2.86 bits per heavy atom. The molecule has 154 valence electrons. The van der Waals surface area contributed by atoms with E-state index in [1.807, 2.05) is 0 Å². The van der Waals surface area contributed by atoms with Crippen molar-refractivity contribution >= 4 is 43.8 Å². The summed E-state index contributed by atoms with van der Waals surface area (Å²) in [4.78, 5) is 5.69. The molecule has 1 saturated heterocycles. The van der Waals surface area contributed by atoms with Gasteiger partial charge in [-0.15, -0.1) is 11.3 Å². The number of sulfonamides is 1. The van der Waals surface area contributed by atoms with Crippen molar-refractivity contribution in [2.75, 3.05) is 36.2 Å². The minimum absolute atomic E-state index is 0.145. The Kier molecular flexibility index (Phi) is 7.10. The average molecular weight is 448 g/mol. The van der Waals surface area contributed by atoms with Gasteiger partial charge >= 0.3 is 0 Å². The van der Waals surface area contributed by atoms with Gasteiger partial charge in [-0.25, -0.2) is 17.8 Å². The largest absolute Gasteiger partial charge is 0.384 e. The Labute approximate surface area is 173 Å². The summed E-state index contributed by atoms with van der Waals surface area (Å²) in [6.45, 7) is 3.39. The van der Waals surface area contributed by atoms with Gasteiger partial charge in [0.15, 0.2) is 5.13 Å². The van der Waals surface area contributed by atoms with Crippen LogP contribution in [0, 0.1) is 5.82 Å². The summed E-state index contributed by atoms with van der Waals surface area (Å²) in [6, 6.07) is 2.73. The number of benzene rings is 1. The van der Waals surface area contributed by atoms with Gasteiger partial charge in [-0.3, -0.25) is 9.62 Å². The first-order chi connectivity index (χ1) is 13.4. The number of nitrogens with two attached hydrogens (primary N) is 1. The van der Waals surface area contributed by atoms with Gasteiger partial charge in [0.2, 0.25) is 0 Å². The molecule has 0 aliphatic carbocycles. The van der Waals surface area contributed by atoms with Gasteiger partial charge in [-0.05, 0) is 37.9 Å². The van der Waals surface area contributed by atoms with Crippen LogP contribution in [0.15, 0.2) is 28.6 Å². The molecule has 1 fully saturated rings. The zero-order valence-electron chi connectivity index (χ0n) is 15.2. The number of nitrogens with one attached hydrogen (secondary N) is 2. The van der Waals surface area contributed by atoms with Gasteiger partial charge in [0, 0.05) is 37.3 Å². The van der Waals surface area contributed by atoms with Crippen LogP contribution in [0.4, 0.5) is 15.2 Å². The van der Waals surface area contributed by atoms with Crippen LogP contribution in [0.3, 0.4) is 0 Å². The van der Waals surface area contributed by atoms with Gasteiger partial charge in [-0.2, -0.15) is 0 Å². The monoisotopic (exact) mass is 447 g/mol. The maximum Gasteiger partial charge on any atom is 0.266 e. The number of thiazole rings is 1. The smallest absolute Gasteiger partial charge is 0.266 e. The minimum atomic E-state index is -4.10. The van der Waals surface area contributed by atoms with Gasteiger partial charge < -0.3 is 11.1 Å². The number of aromatic nitrogens is 1. The fraction of sp³-hybridized carbons (Fsp3) is 0.471. The van der Waals surface area contributed by atoms with Crippen molar-refractivity contribution in [1.29, 1.82) is 0 Å². The number of halogens is 2. The number of rotatable bonds is 10. The molecule has 1 aliphatic heterocycles. The molecular formula is C17H23ClFN5O2S2. The second kappa shape index (κ2) is 9.36. The predicted molar refractivity (Wildman–Crippen MR) is 111 cm³/mol. The van der Waals surface area contributed by atoms with Crippen molar-refractivity contribution in [3.63, 3.8) is 0 Å². The Morgan fingerprint density at radius 1 is 1.39 bits per heavy atom. The van der Waals surface area contributed by atoms with E-state index in [0.29, 0.717) is 24.8 Å². The van der Waals surface area contributed by atoms with Crippen molar-refractivity contribution in [2.45, 2.75) is 30.2 Å². The van der Waals surface area contributed by atoms with Crippen LogP contribution in [0.25, 0.3) is 0 Å². The molecule has 2 heterocycles. The van der Waals surface area contributed by atoms with Crippen LogP contribution in [0.5, 0.6) is 0 Å². The van der Waals surface area contributed by atoms with Crippen molar-refractivity contribution < 1.29 is 12.8 Å². The third-order valence-corrected chi connectivity index (χ3v) is 7.18. The van der Waals surface area contributed by atoms with Crippen LogP contribution in [-0.4, -0.2) is 50.5 Å². The maximum absolute atomic E-state index is 14.4. The zero-order chi connectivity index (χ0) is 20.1. The second-order valence-electron chi connectivity index (χ2n) is 6.55. The predicted octanol–water partition coefficient (Wildman–Crippen LogP) is 2.96. The topological polar surface area (TPSA) is 100 Å². The molecule has 11 heteroatoms. The van der Waals surface area contributed by atoms with E-state index in [1.165, 1.54) is 6.20 Å². The third kappa shape index (κ3) is 5.12. The summed E-state index contributed by atoms with van der Waals surface area (Å²) in [6.07, 6.45) is 4.50. The standard InChI is InChI=1S/C17H23ClFN5O2S2/c18-13-9-16(28(25,26)23-17-22-5-8-27-17)14(19)10-15(13)21-4-1-2-6-24-7-3-12(24)11-20/h5,8-10,12,21H,1-4,6-7,11,20H2,(H,22,23)/t12-/m1/s1. The van der Waals surface area contributed by atoms with Gasteiger partial charge in [0.25, 0.3) is 10.0 Å². The number of hydrogen-bond acceptors (Lipinski definition) is 7. The molecule has 0 spiro atoms. The highest BCUT2D eigenvalue weighted by atomic mass is 35.5. The quantitative estimate of drug-likeness (QED) is 0.484. The van der Waals surface area contributed by atoms with Crippen molar-refractivity contribution in [3.05, 3.63) is 34.5 Å². The summed E-state index contributed by atoms with van der Waals surface area (Å²) < 4.78 is 41.4. The first-order valence-electron chi connectivity index (χ1n) is 9.00. The minimum Gasteiger partial charge on any atom is -0.384 e. The van der Waals surface area contributed by atoms with E-state index < -0.39 is 20.7 Å². The lowest BCUT2D eigenvalue weighted by Crippen LogP contribution is -2.51. The summed E-state index contributed by atoms with van der Waals surface area (Å²) in [7, 11) is -4.10. The molecule has 1 atom stereocenters. The van der Waals surface area contributed by atoms with E-state index in [-0.39, 0.29) is 10.2 Å². The summed E-state index contributed by atoms with van der Waals surface area (Å²) in [5.74, 6) is -0.873. The first-order valence-corrected chi connectivity index (χ1v) is 11.7. The molecule has 3 rings (SSSR count). The number of unbranched alkanes of at least 4 members (excludes halogenated alkanes) is 1. The van der Waals surface area contributed by atoms with E-state index in [0.717, 1.165) is 55.8 Å². The van der Waals surface area contributed by atoms with Crippen LogP contribution in [-0.2, 0) is 10.0 Å². The molecular weight excluding hydrogens is 425 g/mol. The van der Waals surface area contributed by atoms with Crippen molar-refractivity contribution in [2.24, 2.45) is 5.73 Å². The average Bonchev–Trinajstić information content (AvgIpc) is 3.12. The van der Waals surface area contributed by atoms with Gasteiger partial charge in [0.1, 0.15) is 10.7 Å². The lowest BCUT2D eigenvalue weighted by atomic mass is 10.0. The van der Waals surface area contributed by atoms with Gasteiger partial charge in [0.05, 0.1) is 10.7 Å². The number of anilines is 2. The molecule has 0 amide bonds. The zero-order valence-corrected chi connectivity index (χ0v) is 17.6. The highest BCUT2D eigenvalue weighted by Crippen LogP contribution is 2.29. The number of likely N-dealkylation sites (tertiary alicyclic amines) is 1. The number of hydrogen-bond donors (Lipinski definition) is 3. The van der Waals surface area contributed by atoms with Crippen molar-refractivity contribution in [1.82, 2.24) is 9.88 Å². The molecule has 0 saturated carbocycles. The fourth-order valence-electron chi connectivity index (χ4n) is 3.03. The molecule has 1 aromatic heterocycles. The Morgan fingerprint density at radius 2 is 2.21 bits per heavy atom. The van der Waals surface area contributed by atoms with E-state index >= 15 is 0 Å². The SMILES string of the molecule is NC[C@H]1CCN1CCCCNc1cc(F)c(S(=O)(=O)Nc2nccs2)cc1Cl. The molecule has 0 unspecified atom stereocenters. The second-order valence-corrected chi connectivity index (χ2v) is 9.51. The molecule has 2 aromatic rings. The molecule has 0 radical (unpaired) electrons. The highest BCUT2D eigenvalue weighted by Gasteiger charge is 2.25. The Bertz CT molecular complexity index is 893. The normalized spacial score (nSPS) is 17.3. The molecule has 1 aromatic carbocycles. The molecule has 4 N–H and O–H groups in total. The van der Waals surface area contributed by atoms with Crippen LogP contribution >= 0.6 is 22.9 Å². The lowest BCUT2D eigenvalue weighted by Gasteiger charge is -2.40. The summed E-state index contributed by atoms with van der Waals surface area (Å²) >= 11 is 7.27. The van der Waals surface area contributed by atoms with E-state index in [4.69, 9.17) is 17.3 Å². The molecule has 28 heavy (non-hydrogen) atoms. The van der Waals surface area contributed by atoms with Crippen LogP contribution in [0.1, 0.15) is 19.3 Å². The fourth-order valence-corrected chi connectivity index (χ4v) is 5.20. The first kappa shape index (κ1) is 21.3. The van der Waals surface area contributed by atoms with E-state index in [1.54, 1.807) is 5.38 Å². The highest BCUT2D eigenvalue weighted by molar-refractivity contribution is 7.93. The summed E-state index contributed by atoms with van der Waals surface area (Å²) in [5, 5.41) is 5.00. The molecule has 1 aliphatic rings. The molecule has 0 bridgehead atoms. The summed E-state index contributed by atoms with van der Waals surface area (Å²) in [5.41, 5.74) is 6.06.